The molecule has 2 aromatic carbocycles. The maximum Gasteiger partial charge on any atom is 0.280 e. The van der Waals surface area contributed by atoms with Crippen LogP contribution in [0.4, 0.5) is 10.1 Å². The van der Waals surface area contributed by atoms with Gasteiger partial charge in [0.2, 0.25) is 0 Å². The van der Waals surface area contributed by atoms with Gasteiger partial charge in [0.15, 0.2) is 0 Å². The molecular weight excluding hydrogens is 319 g/mol. The number of pyridine rings is 1. The highest BCUT2D eigenvalue weighted by atomic mass is 35.5. The summed E-state index contributed by atoms with van der Waals surface area (Å²) in [5, 5.41) is 12.8. The standard InChI is InChI=1S/C17H12ClFN2O2/c1-10-2-5-13-14(17(10)21(22)23)6-7-20-16(13)8-11-3-4-12(18)9-15(11)19/h2-7,9H,8H2,1H3. The highest BCUT2D eigenvalue weighted by Gasteiger charge is 2.18. The van der Waals surface area contributed by atoms with Crippen LogP contribution in [0.2, 0.25) is 5.02 Å². The molecule has 0 bridgehead atoms. The molecule has 0 radical (unpaired) electrons. The first-order valence-corrected chi connectivity index (χ1v) is 7.30. The summed E-state index contributed by atoms with van der Waals surface area (Å²) in [4.78, 5) is 15.2. The number of nitro benzene ring substituents is 1. The number of halogens is 2. The van der Waals surface area contributed by atoms with E-state index in [2.05, 4.69) is 4.98 Å². The Hall–Kier alpha value is -2.53. The van der Waals surface area contributed by atoms with Gasteiger partial charge in [-0.05, 0) is 30.7 Å². The molecule has 0 aliphatic carbocycles. The summed E-state index contributed by atoms with van der Waals surface area (Å²) in [6.45, 7) is 1.69. The van der Waals surface area contributed by atoms with E-state index < -0.39 is 10.7 Å². The summed E-state index contributed by atoms with van der Waals surface area (Å²) >= 11 is 5.76. The molecule has 23 heavy (non-hydrogen) atoms. The van der Waals surface area contributed by atoms with Crippen LogP contribution in [0.25, 0.3) is 10.8 Å². The first kappa shape index (κ1) is 15.4. The van der Waals surface area contributed by atoms with Crippen LogP contribution < -0.4 is 0 Å². The number of benzene rings is 2. The van der Waals surface area contributed by atoms with Gasteiger partial charge in [-0.15, -0.1) is 0 Å². The van der Waals surface area contributed by atoms with Gasteiger partial charge in [-0.25, -0.2) is 4.39 Å². The zero-order valence-corrected chi connectivity index (χ0v) is 13.0. The van der Waals surface area contributed by atoms with Crippen LogP contribution in [-0.4, -0.2) is 9.91 Å². The van der Waals surface area contributed by atoms with Crippen LogP contribution in [-0.2, 0) is 6.42 Å². The molecule has 0 fully saturated rings. The highest BCUT2D eigenvalue weighted by Crippen LogP contribution is 2.31. The monoisotopic (exact) mass is 330 g/mol. The second kappa shape index (κ2) is 5.93. The van der Waals surface area contributed by atoms with Crippen LogP contribution in [0.1, 0.15) is 16.8 Å². The quantitative estimate of drug-likeness (QED) is 0.510. The van der Waals surface area contributed by atoms with Crippen molar-refractivity contribution in [2.75, 3.05) is 0 Å². The van der Waals surface area contributed by atoms with Gasteiger partial charge in [0.1, 0.15) is 5.82 Å². The fourth-order valence-electron chi connectivity index (χ4n) is 2.64. The van der Waals surface area contributed by atoms with Crippen molar-refractivity contribution in [2.45, 2.75) is 13.3 Å². The van der Waals surface area contributed by atoms with Crippen molar-refractivity contribution in [1.29, 1.82) is 0 Å². The Morgan fingerprint density at radius 1 is 1.22 bits per heavy atom. The predicted molar refractivity (Wildman–Crippen MR) is 87.4 cm³/mol. The molecule has 0 unspecified atom stereocenters. The van der Waals surface area contributed by atoms with Crippen molar-refractivity contribution >= 4 is 28.1 Å². The molecule has 0 saturated heterocycles. The summed E-state index contributed by atoms with van der Waals surface area (Å²) in [5.74, 6) is -0.419. The van der Waals surface area contributed by atoms with E-state index in [4.69, 9.17) is 11.6 Å². The second-order valence-corrected chi connectivity index (χ2v) is 5.69. The molecule has 0 N–H and O–H groups in total. The Bertz CT molecular complexity index is 928. The first-order chi connectivity index (χ1) is 11.0. The molecule has 116 valence electrons. The second-order valence-electron chi connectivity index (χ2n) is 5.25. The normalized spacial score (nSPS) is 10.9. The lowest BCUT2D eigenvalue weighted by Crippen LogP contribution is -1.99. The number of hydrogen-bond donors (Lipinski definition) is 0. The summed E-state index contributed by atoms with van der Waals surface area (Å²) in [6, 6.07) is 9.53. The van der Waals surface area contributed by atoms with Gasteiger partial charge in [0, 0.05) is 28.6 Å². The summed E-state index contributed by atoms with van der Waals surface area (Å²) in [6.07, 6.45) is 1.75. The molecule has 1 aromatic heterocycles. The van der Waals surface area contributed by atoms with Crippen molar-refractivity contribution in [3.05, 3.63) is 80.4 Å². The maximum atomic E-state index is 14.0. The number of rotatable bonds is 3. The van der Waals surface area contributed by atoms with Crippen molar-refractivity contribution in [1.82, 2.24) is 4.98 Å². The predicted octanol–water partition coefficient (Wildman–Crippen LogP) is 4.83. The van der Waals surface area contributed by atoms with E-state index in [0.29, 0.717) is 32.6 Å². The maximum absolute atomic E-state index is 14.0. The Morgan fingerprint density at radius 3 is 2.70 bits per heavy atom. The number of hydrogen-bond acceptors (Lipinski definition) is 3. The third-order valence-electron chi connectivity index (χ3n) is 3.76. The van der Waals surface area contributed by atoms with Gasteiger partial charge >= 0.3 is 0 Å². The van der Waals surface area contributed by atoms with Crippen LogP contribution in [0.15, 0.2) is 42.6 Å². The third kappa shape index (κ3) is 2.87. The Balaban J connectivity index is 2.15. The van der Waals surface area contributed by atoms with E-state index in [1.54, 1.807) is 37.3 Å². The lowest BCUT2D eigenvalue weighted by molar-refractivity contribution is -0.383. The zero-order valence-electron chi connectivity index (χ0n) is 12.2. The zero-order chi connectivity index (χ0) is 16.6. The average molecular weight is 331 g/mol. The number of nitro groups is 1. The van der Waals surface area contributed by atoms with E-state index in [-0.39, 0.29) is 12.1 Å². The Morgan fingerprint density at radius 2 is 2.00 bits per heavy atom. The Labute approximate surface area is 136 Å². The molecule has 0 aliphatic rings. The van der Waals surface area contributed by atoms with Crippen molar-refractivity contribution in [3.8, 4) is 0 Å². The van der Waals surface area contributed by atoms with Gasteiger partial charge in [-0.1, -0.05) is 29.8 Å². The summed E-state index contributed by atoms with van der Waals surface area (Å²) in [5.41, 5.74) is 1.67. The van der Waals surface area contributed by atoms with Crippen LogP contribution in [0, 0.1) is 22.9 Å². The van der Waals surface area contributed by atoms with E-state index >= 15 is 0 Å². The lowest BCUT2D eigenvalue weighted by atomic mass is 10.0. The largest absolute Gasteiger partial charge is 0.280 e. The molecule has 4 nitrogen and oxygen atoms in total. The number of fused-ring (bicyclic) bond motifs is 1. The van der Waals surface area contributed by atoms with E-state index in [1.807, 2.05) is 0 Å². The topological polar surface area (TPSA) is 56.0 Å². The highest BCUT2D eigenvalue weighted by molar-refractivity contribution is 6.30. The van der Waals surface area contributed by atoms with Gasteiger partial charge in [0.25, 0.3) is 5.69 Å². The van der Waals surface area contributed by atoms with Crippen molar-refractivity contribution < 1.29 is 9.31 Å². The van der Waals surface area contributed by atoms with Crippen LogP contribution >= 0.6 is 11.6 Å². The van der Waals surface area contributed by atoms with Crippen molar-refractivity contribution in [2.24, 2.45) is 0 Å². The molecular formula is C17H12ClFN2O2. The molecule has 0 atom stereocenters. The number of nitrogens with zero attached hydrogens (tertiary/aromatic N) is 2. The van der Waals surface area contributed by atoms with E-state index in [1.165, 1.54) is 12.3 Å². The molecule has 0 amide bonds. The smallest absolute Gasteiger partial charge is 0.260 e. The minimum absolute atomic E-state index is 0.0581. The van der Waals surface area contributed by atoms with Gasteiger partial charge in [0.05, 0.1) is 16.0 Å². The Kier molecular flexibility index (Phi) is 3.96. The summed E-state index contributed by atoms with van der Waals surface area (Å²) in [7, 11) is 0. The SMILES string of the molecule is Cc1ccc2c(Cc3ccc(Cl)cc3F)nccc2c1[N+](=O)[O-]. The number of aromatic nitrogens is 1. The average Bonchev–Trinajstić information content (AvgIpc) is 2.49. The molecule has 0 spiro atoms. The van der Waals surface area contributed by atoms with E-state index in [0.717, 1.165) is 0 Å². The molecule has 1 heterocycles. The van der Waals surface area contributed by atoms with Crippen LogP contribution in [0.5, 0.6) is 0 Å². The molecule has 0 saturated carbocycles. The lowest BCUT2D eigenvalue weighted by Gasteiger charge is -2.08. The molecule has 6 heteroatoms. The number of aryl methyl sites for hydroxylation is 1. The van der Waals surface area contributed by atoms with Gasteiger partial charge < -0.3 is 0 Å². The van der Waals surface area contributed by atoms with E-state index in [9.17, 15) is 14.5 Å². The van der Waals surface area contributed by atoms with Gasteiger partial charge in [-0.2, -0.15) is 0 Å². The van der Waals surface area contributed by atoms with Crippen molar-refractivity contribution in [3.63, 3.8) is 0 Å². The fourth-order valence-corrected chi connectivity index (χ4v) is 2.80. The third-order valence-corrected chi connectivity index (χ3v) is 3.99. The first-order valence-electron chi connectivity index (χ1n) is 6.93. The fraction of sp³-hybridized carbons (Fsp3) is 0.118. The minimum Gasteiger partial charge on any atom is -0.260 e. The molecule has 0 aliphatic heterocycles. The molecule has 3 rings (SSSR count). The summed E-state index contributed by atoms with van der Waals surface area (Å²) < 4.78 is 14.0. The van der Waals surface area contributed by atoms with Crippen LogP contribution in [0.3, 0.4) is 0 Å². The van der Waals surface area contributed by atoms with Gasteiger partial charge in [-0.3, -0.25) is 15.1 Å². The molecule has 3 aromatic rings. The minimum atomic E-state index is -0.419.